The molecule has 0 bridgehead atoms. The molecule has 14 heavy (non-hydrogen) atoms. The third-order valence-corrected chi connectivity index (χ3v) is 4.81. The zero-order valence-corrected chi connectivity index (χ0v) is 9.84. The van der Waals surface area contributed by atoms with Crippen molar-refractivity contribution in [1.29, 1.82) is 0 Å². The van der Waals surface area contributed by atoms with E-state index < -0.39 is 0 Å². The van der Waals surface area contributed by atoms with Crippen LogP contribution in [-0.2, 0) is 0 Å². The van der Waals surface area contributed by atoms with Crippen LogP contribution < -0.4 is 0 Å². The molecule has 0 spiro atoms. The van der Waals surface area contributed by atoms with Crippen LogP contribution in [-0.4, -0.2) is 11.2 Å². The Labute approximate surface area is 87.9 Å². The number of hydrogen-bond donors (Lipinski definition) is 1. The van der Waals surface area contributed by atoms with Crippen molar-refractivity contribution in [2.45, 2.75) is 65.4 Å². The molecule has 0 saturated heterocycles. The molecular weight excluding hydrogens is 172 g/mol. The summed E-state index contributed by atoms with van der Waals surface area (Å²) >= 11 is 0. The average Bonchev–Trinajstić information content (AvgIpc) is 2.84. The largest absolute Gasteiger partial charge is 0.393 e. The molecule has 1 nitrogen and oxygen atoms in total. The fraction of sp³-hybridized carbons (Fsp3) is 1.00. The molecule has 1 unspecified atom stereocenters. The molecule has 0 aromatic rings. The highest BCUT2D eigenvalue weighted by Gasteiger charge is 2.53. The molecular formula is C13H24O. The molecule has 2 aliphatic rings. The quantitative estimate of drug-likeness (QED) is 0.718. The maximum Gasteiger partial charge on any atom is 0.0570 e. The highest BCUT2D eigenvalue weighted by atomic mass is 16.3. The summed E-state index contributed by atoms with van der Waals surface area (Å²) in [7, 11) is 0. The van der Waals surface area contributed by atoms with Crippen LogP contribution in [0.15, 0.2) is 0 Å². The Balaban J connectivity index is 1.96. The number of aliphatic hydroxyl groups excluding tert-OH is 1. The first-order valence-corrected chi connectivity index (χ1v) is 6.14. The molecule has 0 radical (unpaired) electrons. The summed E-state index contributed by atoms with van der Waals surface area (Å²) in [6, 6.07) is 0. The number of rotatable bonds is 2. The van der Waals surface area contributed by atoms with Gasteiger partial charge in [0, 0.05) is 0 Å². The first kappa shape index (κ1) is 10.5. The van der Waals surface area contributed by atoms with Gasteiger partial charge >= 0.3 is 0 Å². The lowest BCUT2D eigenvalue weighted by molar-refractivity contribution is 0.0353. The maximum absolute atomic E-state index is 9.82. The second kappa shape index (κ2) is 3.23. The first-order chi connectivity index (χ1) is 6.46. The summed E-state index contributed by atoms with van der Waals surface area (Å²) in [5.74, 6) is 0.815. The van der Waals surface area contributed by atoms with Gasteiger partial charge in [-0.3, -0.25) is 0 Å². The van der Waals surface area contributed by atoms with E-state index in [9.17, 15) is 5.11 Å². The van der Waals surface area contributed by atoms with Crippen LogP contribution >= 0.6 is 0 Å². The molecule has 0 aromatic carbocycles. The molecule has 2 fully saturated rings. The zero-order valence-electron chi connectivity index (χ0n) is 9.84. The van der Waals surface area contributed by atoms with E-state index in [1.807, 2.05) is 6.92 Å². The maximum atomic E-state index is 9.82. The summed E-state index contributed by atoms with van der Waals surface area (Å²) in [6.07, 6.45) is 7.87. The summed E-state index contributed by atoms with van der Waals surface area (Å²) in [4.78, 5) is 0. The SMILES string of the molecule is CC(O)C1(C2CCC(C)(C)CC2)CC1. The van der Waals surface area contributed by atoms with Gasteiger partial charge in [-0.05, 0) is 62.2 Å². The van der Waals surface area contributed by atoms with E-state index in [4.69, 9.17) is 0 Å². The molecule has 2 aliphatic carbocycles. The Morgan fingerprint density at radius 2 is 1.57 bits per heavy atom. The van der Waals surface area contributed by atoms with Gasteiger partial charge in [0.1, 0.15) is 0 Å². The normalized spacial score (nSPS) is 32.6. The standard InChI is InChI=1S/C13H24O/c1-10(14)13(8-9-13)11-4-6-12(2,3)7-5-11/h10-11,14H,4-9H2,1-3H3. The molecule has 2 rings (SSSR count). The van der Waals surface area contributed by atoms with E-state index in [2.05, 4.69) is 13.8 Å². The second-order valence-corrected chi connectivity index (χ2v) is 6.35. The Kier molecular flexibility index (Phi) is 2.42. The van der Waals surface area contributed by atoms with E-state index in [0.717, 1.165) is 5.92 Å². The van der Waals surface area contributed by atoms with Gasteiger partial charge in [-0.25, -0.2) is 0 Å². The van der Waals surface area contributed by atoms with Crippen molar-refractivity contribution in [3.8, 4) is 0 Å². The average molecular weight is 196 g/mol. The van der Waals surface area contributed by atoms with Crippen molar-refractivity contribution in [1.82, 2.24) is 0 Å². The Morgan fingerprint density at radius 1 is 1.07 bits per heavy atom. The van der Waals surface area contributed by atoms with Gasteiger partial charge < -0.3 is 5.11 Å². The van der Waals surface area contributed by atoms with Crippen molar-refractivity contribution < 1.29 is 5.11 Å². The van der Waals surface area contributed by atoms with Crippen molar-refractivity contribution in [3.05, 3.63) is 0 Å². The molecule has 1 heteroatoms. The third-order valence-electron chi connectivity index (χ3n) is 4.81. The number of hydrogen-bond acceptors (Lipinski definition) is 1. The van der Waals surface area contributed by atoms with E-state index in [0.29, 0.717) is 10.8 Å². The lowest BCUT2D eigenvalue weighted by atomic mass is 9.67. The number of aliphatic hydroxyl groups is 1. The third kappa shape index (κ3) is 1.71. The Hall–Kier alpha value is -0.0400. The van der Waals surface area contributed by atoms with Crippen LogP contribution in [0, 0.1) is 16.7 Å². The summed E-state index contributed by atoms with van der Waals surface area (Å²) in [5.41, 5.74) is 0.905. The first-order valence-electron chi connectivity index (χ1n) is 6.14. The van der Waals surface area contributed by atoms with Crippen LogP contribution in [0.25, 0.3) is 0 Å². The Morgan fingerprint density at radius 3 is 1.93 bits per heavy atom. The lowest BCUT2D eigenvalue weighted by Gasteiger charge is -2.39. The van der Waals surface area contributed by atoms with Gasteiger partial charge in [0.25, 0.3) is 0 Å². The molecule has 1 N–H and O–H groups in total. The van der Waals surface area contributed by atoms with Gasteiger partial charge in [-0.2, -0.15) is 0 Å². The topological polar surface area (TPSA) is 20.2 Å². The van der Waals surface area contributed by atoms with E-state index in [1.165, 1.54) is 38.5 Å². The fourth-order valence-corrected chi connectivity index (χ4v) is 3.29. The second-order valence-electron chi connectivity index (χ2n) is 6.35. The minimum absolute atomic E-state index is 0.0753. The van der Waals surface area contributed by atoms with Gasteiger partial charge in [-0.15, -0.1) is 0 Å². The van der Waals surface area contributed by atoms with Crippen molar-refractivity contribution >= 4 is 0 Å². The predicted molar refractivity (Wildman–Crippen MR) is 59.1 cm³/mol. The zero-order chi connectivity index (χ0) is 10.4. The fourth-order valence-electron chi connectivity index (χ4n) is 3.29. The van der Waals surface area contributed by atoms with Crippen LogP contribution in [0.2, 0.25) is 0 Å². The summed E-state index contributed by atoms with van der Waals surface area (Å²) < 4.78 is 0. The van der Waals surface area contributed by atoms with Gasteiger partial charge in [-0.1, -0.05) is 13.8 Å². The van der Waals surface area contributed by atoms with Crippen molar-refractivity contribution in [2.24, 2.45) is 16.7 Å². The van der Waals surface area contributed by atoms with E-state index >= 15 is 0 Å². The van der Waals surface area contributed by atoms with Crippen LogP contribution in [0.1, 0.15) is 59.3 Å². The van der Waals surface area contributed by atoms with Crippen LogP contribution in [0.5, 0.6) is 0 Å². The minimum atomic E-state index is -0.0753. The minimum Gasteiger partial charge on any atom is -0.393 e. The predicted octanol–water partition coefficient (Wildman–Crippen LogP) is 3.36. The summed E-state index contributed by atoms with van der Waals surface area (Å²) in [5, 5.41) is 9.82. The smallest absolute Gasteiger partial charge is 0.0570 e. The van der Waals surface area contributed by atoms with Gasteiger partial charge in [0.15, 0.2) is 0 Å². The van der Waals surface area contributed by atoms with Gasteiger partial charge in [0.05, 0.1) is 6.10 Å². The molecule has 0 amide bonds. The molecule has 0 aliphatic heterocycles. The van der Waals surface area contributed by atoms with E-state index in [1.54, 1.807) is 0 Å². The summed E-state index contributed by atoms with van der Waals surface area (Å²) in [6.45, 7) is 6.75. The molecule has 0 heterocycles. The van der Waals surface area contributed by atoms with Crippen molar-refractivity contribution in [3.63, 3.8) is 0 Å². The van der Waals surface area contributed by atoms with Crippen LogP contribution in [0.4, 0.5) is 0 Å². The lowest BCUT2D eigenvalue weighted by Crippen LogP contribution is -2.32. The highest BCUT2D eigenvalue weighted by molar-refractivity contribution is 5.03. The van der Waals surface area contributed by atoms with Crippen molar-refractivity contribution in [2.75, 3.05) is 0 Å². The van der Waals surface area contributed by atoms with Crippen LogP contribution in [0.3, 0.4) is 0 Å². The van der Waals surface area contributed by atoms with Gasteiger partial charge in [0.2, 0.25) is 0 Å². The molecule has 2 saturated carbocycles. The molecule has 0 aromatic heterocycles. The highest BCUT2D eigenvalue weighted by Crippen LogP contribution is 2.60. The molecule has 1 atom stereocenters. The monoisotopic (exact) mass is 196 g/mol. The Bertz CT molecular complexity index is 203. The molecule has 82 valence electrons. The van der Waals surface area contributed by atoms with E-state index in [-0.39, 0.29) is 6.10 Å².